The molecule has 1 aromatic rings. The van der Waals surface area contributed by atoms with Crippen molar-refractivity contribution < 1.29 is 13.2 Å². The third kappa shape index (κ3) is 3.54. The molecule has 1 unspecified atom stereocenters. The number of hydrogen-bond acceptors (Lipinski definition) is 4. The van der Waals surface area contributed by atoms with E-state index in [0.29, 0.717) is 12.2 Å². The molecule has 1 atom stereocenters. The lowest BCUT2D eigenvalue weighted by Crippen LogP contribution is -2.45. The molecule has 8 heteroatoms. The molecule has 1 aliphatic rings. The Morgan fingerprint density at radius 1 is 1.58 bits per heavy atom. The first-order valence-corrected chi connectivity index (χ1v) is 7.77. The SMILES string of the molecule is CCc1ncc(S(=O)(=O)NC(C)C(=O)NC2CC2)[nH]1. The second kappa shape index (κ2) is 5.30. The molecule has 0 radical (unpaired) electrons. The van der Waals surface area contributed by atoms with Crippen LogP contribution in [0.25, 0.3) is 0 Å². The number of carbonyl (C=O) groups is 1. The summed E-state index contributed by atoms with van der Waals surface area (Å²) in [5.74, 6) is 0.289. The van der Waals surface area contributed by atoms with Crippen molar-refractivity contribution in [2.75, 3.05) is 0 Å². The van der Waals surface area contributed by atoms with Crippen LogP contribution >= 0.6 is 0 Å². The fraction of sp³-hybridized carbons (Fsp3) is 0.636. The van der Waals surface area contributed by atoms with Gasteiger partial charge in [-0.05, 0) is 19.8 Å². The van der Waals surface area contributed by atoms with E-state index in [1.807, 2.05) is 6.92 Å². The highest BCUT2D eigenvalue weighted by Gasteiger charge is 2.28. The maximum absolute atomic E-state index is 12.0. The second-order valence-corrected chi connectivity index (χ2v) is 6.36. The van der Waals surface area contributed by atoms with Crippen molar-refractivity contribution in [1.82, 2.24) is 20.0 Å². The molecule has 19 heavy (non-hydrogen) atoms. The smallest absolute Gasteiger partial charge is 0.258 e. The summed E-state index contributed by atoms with van der Waals surface area (Å²) in [6.45, 7) is 3.39. The number of nitrogens with one attached hydrogen (secondary N) is 3. The number of sulfonamides is 1. The van der Waals surface area contributed by atoms with E-state index < -0.39 is 16.1 Å². The summed E-state index contributed by atoms with van der Waals surface area (Å²) in [5.41, 5.74) is 0. The van der Waals surface area contributed by atoms with Crippen LogP contribution in [0.15, 0.2) is 11.2 Å². The van der Waals surface area contributed by atoms with Crippen LogP contribution in [0.1, 0.15) is 32.5 Å². The number of amides is 1. The van der Waals surface area contributed by atoms with E-state index >= 15 is 0 Å². The van der Waals surface area contributed by atoms with Gasteiger partial charge in [0.1, 0.15) is 5.82 Å². The summed E-state index contributed by atoms with van der Waals surface area (Å²) in [4.78, 5) is 18.3. The summed E-state index contributed by atoms with van der Waals surface area (Å²) in [6.07, 6.45) is 3.80. The number of H-pyrrole nitrogens is 1. The van der Waals surface area contributed by atoms with Gasteiger partial charge in [-0.3, -0.25) is 4.79 Å². The zero-order chi connectivity index (χ0) is 14.0. The fourth-order valence-corrected chi connectivity index (χ4v) is 2.71. The molecule has 2 rings (SSSR count). The quantitative estimate of drug-likeness (QED) is 0.680. The Kier molecular flexibility index (Phi) is 3.91. The lowest BCUT2D eigenvalue weighted by atomic mass is 10.3. The summed E-state index contributed by atoms with van der Waals surface area (Å²) in [5, 5.41) is 2.73. The standard InChI is InChI=1S/C11H18N4O3S/c1-3-9-12-6-10(14-9)19(17,18)15-7(2)11(16)13-8-4-5-8/h6-8,15H,3-5H2,1-2H3,(H,12,14)(H,13,16). The third-order valence-electron chi connectivity index (χ3n) is 2.88. The molecule has 0 spiro atoms. The van der Waals surface area contributed by atoms with Crippen molar-refractivity contribution in [3.63, 3.8) is 0 Å². The second-order valence-electron chi connectivity index (χ2n) is 4.67. The van der Waals surface area contributed by atoms with Crippen molar-refractivity contribution >= 4 is 15.9 Å². The average Bonchev–Trinajstić information content (AvgIpc) is 3.02. The molecular weight excluding hydrogens is 268 g/mol. The Balaban J connectivity index is 2.01. The minimum absolute atomic E-state index is 0.0181. The largest absolute Gasteiger partial charge is 0.352 e. The summed E-state index contributed by atoms with van der Waals surface area (Å²) in [7, 11) is -3.74. The number of nitrogens with zero attached hydrogens (tertiary/aromatic N) is 1. The van der Waals surface area contributed by atoms with Crippen LogP contribution in [0.2, 0.25) is 0 Å². The number of rotatable bonds is 6. The van der Waals surface area contributed by atoms with Crippen LogP contribution in [0.5, 0.6) is 0 Å². The zero-order valence-electron chi connectivity index (χ0n) is 10.9. The molecular formula is C11H18N4O3S. The molecule has 3 N–H and O–H groups in total. The minimum atomic E-state index is -3.74. The third-order valence-corrected chi connectivity index (χ3v) is 4.33. The van der Waals surface area contributed by atoms with Gasteiger partial charge in [0, 0.05) is 12.5 Å². The molecule has 0 aromatic carbocycles. The van der Waals surface area contributed by atoms with Crippen LogP contribution < -0.4 is 10.0 Å². The van der Waals surface area contributed by atoms with Gasteiger partial charge >= 0.3 is 0 Å². The molecule has 7 nitrogen and oxygen atoms in total. The molecule has 0 bridgehead atoms. The monoisotopic (exact) mass is 286 g/mol. The van der Waals surface area contributed by atoms with Crippen LogP contribution in [0.3, 0.4) is 0 Å². The number of aromatic nitrogens is 2. The minimum Gasteiger partial charge on any atom is -0.352 e. The van der Waals surface area contributed by atoms with Gasteiger partial charge < -0.3 is 10.3 Å². The normalized spacial score (nSPS) is 17.2. The van der Waals surface area contributed by atoms with Gasteiger partial charge in [0.2, 0.25) is 5.91 Å². The number of carbonyl (C=O) groups excluding carboxylic acids is 1. The van der Waals surface area contributed by atoms with Gasteiger partial charge in [-0.1, -0.05) is 6.92 Å². The Morgan fingerprint density at radius 2 is 2.26 bits per heavy atom. The molecule has 1 heterocycles. The first-order valence-electron chi connectivity index (χ1n) is 6.29. The van der Waals surface area contributed by atoms with E-state index in [0.717, 1.165) is 12.8 Å². The Bertz CT molecular complexity index is 562. The highest BCUT2D eigenvalue weighted by Crippen LogP contribution is 2.18. The van der Waals surface area contributed by atoms with Crippen LogP contribution in [-0.2, 0) is 21.2 Å². The average molecular weight is 286 g/mol. The number of aryl methyl sites for hydroxylation is 1. The van der Waals surface area contributed by atoms with E-state index in [1.165, 1.54) is 13.1 Å². The number of hydrogen-bond donors (Lipinski definition) is 3. The van der Waals surface area contributed by atoms with Gasteiger partial charge in [0.25, 0.3) is 10.0 Å². The predicted molar refractivity (Wildman–Crippen MR) is 68.9 cm³/mol. The molecule has 1 saturated carbocycles. The van der Waals surface area contributed by atoms with Crippen molar-refractivity contribution in [3.8, 4) is 0 Å². The predicted octanol–water partition coefficient (Wildman–Crippen LogP) is -0.0825. The van der Waals surface area contributed by atoms with Crippen LogP contribution in [-0.4, -0.2) is 36.4 Å². The molecule has 1 amide bonds. The van der Waals surface area contributed by atoms with E-state index in [9.17, 15) is 13.2 Å². The molecule has 0 aliphatic heterocycles. The van der Waals surface area contributed by atoms with Crippen LogP contribution in [0.4, 0.5) is 0 Å². The van der Waals surface area contributed by atoms with Gasteiger partial charge in [-0.2, -0.15) is 4.72 Å². The van der Waals surface area contributed by atoms with Crippen molar-refractivity contribution in [2.24, 2.45) is 0 Å². The summed E-state index contributed by atoms with van der Waals surface area (Å²) < 4.78 is 26.4. The summed E-state index contributed by atoms with van der Waals surface area (Å²) >= 11 is 0. The lowest BCUT2D eigenvalue weighted by Gasteiger charge is -2.13. The van der Waals surface area contributed by atoms with Crippen molar-refractivity contribution in [1.29, 1.82) is 0 Å². The number of aromatic amines is 1. The van der Waals surface area contributed by atoms with Gasteiger partial charge in [0.15, 0.2) is 5.03 Å². The maximum Gasteiger partial charge on any atom is 0.258 e. The Morgan fingerprint density at radius 3 is 2.79 bits per heavy atom. The Labute approximate surface area is 112 Å². The Hall–Kier alpha value is -1.41. The molecule has 0 saturated heterocycles. The highest BCUT2D eigenvalue weighted by atomic mass is 32.2. The maximum atomic E-state index is 12.0. The summed E-state index contributed by atoms with van der Waals surface area (Å²) in [6, 6.07) is -0.600. The van der Waals surface area contributed by atoms with Crippen molar-refractivity contribution in [3.05, 3.63) is 12.0 Å². The first kappa shape index (κ1) is 14.0. The fourth-order valence-electron chi connectivity index (χ4n) is 1.56. The number of imidazole rings is 1. The zero-order valence-corrected chi connectivity index (χ0v) is 11.8. The molecule has 1 fully saturated rings. The topological polar surface area (TPSA) is 104 Å². The lowest BCUT2D eigenvalue weighted by molar-refractivity contribution is -0.122. The van der Waals surface area contributed by atoms with Gasteiger partial charge in [-0.15, -0.1) is 0 Å². The first-order chi connectivity index (χ1) is 8.92. The molecule has 106 valence electrons. The van der Waals surface area contributed by atoms with Gasteiger partial charge in [-0.25, -0.2) is 13.4 Å². The highest BCUT2D eigenvalue weighted by molar-refractivity contribution is 7.89. The van der Waals surface area contributed by atoms with Crippen LogP contribution in [0, 0.1) is 0 Å². The van der Waals surface area contributed by atoms with Gasteiger partial charge in [0.05, 0.1) is 12.2 Å². The van der Waals surface area contributed by atoms with E-state index in [2.05, 4.69) is 20.0 Å². The van der Waals surface area contributed by atoms with E-state index in [-0.39, 0.29) is 17.0 Å². The molecule has 1 aliphatic carbocycles. The molecule has 1 aromatic heterocycles. The van der Waals surface area contributed by atoms with E-state index in [1.54, 1.807) is 0 Å². The van der Waals surface area contributed by atoms with Crippen molar-refractivity contribution in [2.45, 2.75) is 50.2 Å². The van der Waals surface area contributed by atoms with E-state index in [4.69, 9.17) is 0 Å².